The van der Waals surface area contributed by atoms with Gasteiger partial charge >= 0.3 is 0 Å². The zero-order chi connectivity index (χ0) is 19.4. The van der Waals surface area contributed by atoms with Crippen molar-refractivity contribution in [3.8, 4) is 17.6 Å². The maximum Gasteiger partial charge on any atom is 0.240 e. The second kappa shape index (κ2) is 8.19. The first-order valence-corrected chi connectivity index (χ1v) is 8.91. The predicted molar refractivity (Wildman–Crippen MR) is 101 cm³/mol. The van der Waals surface area contributed by atoms with E-state index in [4.69, 9.17) is 21.6 Å². The molecule has 0 aromatic heterocycles. The molecule has 1 N–H and O–H groups in total. The lowest BCUT2D eigenvalue weighted by Crippen LogP contribution is -2.26. The second-order valence-electron chi connectivity index (χ2n) is 6.17. The largest absolute Gasteiger partial charge is 0.453 e. The molecule has 0 aliphatic carbocycles. The Balaban J connectivity index is 1.90. The van der Waals surface area contributed by atoms with E-state index in [9.17, 15) is 9.18 Å². The normalized spacial score (nSPS) is 13.6. The molecule has 0 radical (unpaired) electrons. The van der Waals surface area contributed by atoms with Gasteiger partial charge in [-0.15, -0.1) is 0 Å². The molecule has 2 aromatic carbocycles. The first-order chi connectivity index (χ1) is 13.0. The molecule has 7 heteroatoms. The Kier molecular flexibility index (Phi) is 5.72. The van der Waals surface area contributed by atoms with E-state index in [1.54, 1.807) is 30.3 Å². The SMILES string of the molecule is CCc1cc(C#N)cc(Oc2c(Cl)ccc(CC3=NNC(=O)CC3)c2F)c1. The second-order valence-corrected chi connectivity index (χ2v) is 6.58. The molecular formula is C20H17ClFN3O2. The molecule has 0 spiro atoms. The van der Waals surface area contributed by atoms with E-state index in [0.29, 0.717) is 41.9 Å². The minimum atomic E-state index is -0.581. The van der Waals surface area contributed by atoms with Crippen LogP contribution in [0.2, 0.25) is 5.02 Å². The number of rotatable bonds is 5. The van der Waals surface area contributed by atoms with E-state index >= 15 is 0 Å². The molecule has 1 aliphatic rings. The number of carbonyl (C=O) groups excluding carboxylic acids is 1. The van der Waals surface area contributed by atoms with Crippen molar-refractivity contribution in [2.75, 3.05) is 0 Å². The van der Waals surface area contributed by atoms with Gasteiger partial charge in [-0.05, 0) is 48.2 Å². The molecule has 1 amide bonds. The van der Waals surface area contributed by atoms with Crippen LogP contribution in [-0.4, -0.2) is 11.6 Å². The van der Waals surface area contributed by atoms with Gasteiger partial charge in [-0.2, -0.15) is 10.4 Å². The summed E-state index contributed by atoms with van der Waals surface area (Å²) in [7, 11) is 0. The lowest BCUT2D eigenvalue weighted by atomic mass is 10.0. The van der Waals surface area contributed by atoms with Crippen LogP contribution in [0.15, 0.2) is 35.4 Å². The third-order valence-corrected chi connectivity index (χ3v) is 4.52. The number of nitrogens with zero attached hydrogens (tertiary/aromatic N) is 2. The van der Waals surface area contributed by atoms with Crippen LogP contribution in [-0.2, 0) is 17.6 Å². The van der Waals surface area contributed by atoms with Crippen LogP contribution in [0.5, 0.6) is 11.5 Å². The number of ether oxygens (including phenoxy) is 1. The van der Waals surface area contributed by atoms with Crippen molar-refractivity contribution in [1.82, 2.24) is 5.43 Å². The summed E-state index contributed by atoms with van der Waals surface area (Å²) < 4.78 is 20.7. The van der Waals surface area contributed by atoms with E-state index in [-0.39, 0.29) is 23.1 Å². The maximum absolute atomic E-state index is 15.0. The summed E-state index contributed by atoms with van der Waals surface area (Å²) in [6, 6.07) is 10.3. The molecule has 0 unspecified atom stereocenters. The number of hydrogen-bond acceptors (Lipinski definition) is 4. The van der Waals surface area contributed by atoms with Gasteiger partial charge in [0, 0.05) is 18.6 Å². The Morgan fingerprint density at radius 2 is 2.15 bits per heavy atom. The highest BCUT2D eigenvalue weighted by atomic mass is 35.5. The molecule has 0 atom stereocenters. The molecule has 3 rings (SSSR count). The Morgan fingerprint density at radius 3 is 2.81 bits per heavy atom. The number of hydrogen-bond donors (Lipinski definition) is 1. The monoisotopic (exact) mass is 385 g/mol. The molecule has 0 saturated carbocycles. The maximum atomic E-state index is 15.0. The van der Waals surface area contributed by atoms with Crippen molar-refractivity contribution in [1.29, 1.82) is 5.26 Å². The van der Waals surface area contributed by atoms with Crippen LogP contribution in [0.4, 0.5) is 4.39 Å². The zero-order valence-electron chi connectivity index (χ0n) is 14.7. The van der Waals surface area contributed by atoms with Gasteiger partial charge in [-0.3, -0.25) is 4.79 Å². The highest BCUT2D eigenvalue weighted by Crippen LogP contribution is 2.35. The van der Waals surface area contributed by atoms with Crippen LogP contribution in [0, 0.1) is 17.1 Å². The summed E-state index contributed by atoms with van der Waals surface area (Å²) in [6.07, 6.45) is 1.78. The summed E-state index contributed by atoms with van der Waals surface area (Å²) >= 11 is 6.14. The quantitative estimate of drug-likeness (QED) is 0.822. The van der Waals surface area contributed by atoms with Gasteiger partial charge in [-0.25, -0.2) is 9.82 Å². The van der Waals surface area contributed by atoms with Crippen LogP contribution >= 0.6 is 11.6 Å². The van der Waals surface area contributed by atoms with Crippen LogP contribution < -0.4 is 10.2 Å². The van der Waals surface area contributed by atoms with Gasteiger partial charge in [0.15, 0.2) is 11.6 Å². The van der Waals surface area contributed by atoms with Crippen LogP contribution in [0.25, 0.3) is 0 Å². The molecule has 0 fully saturated rings. The number of benzene rings is 2. The fourth-order valence-corrected chi connectivity index (χ4v) is 2.95. The number of nitriles is 1. The Hall–Kier alpha value is -2.91. The Bertz CT molecular complexity index is 966. The topological polar surface area (TPSA) is 74.5 Å². The fourth-order valence-electron chi connectivity index (χ4n) is 2.77. The predicted octanol–water partition coefficient (Wildman–Crippen LogP) is 4.51. The fraction of sp³-hybridized carbons (Fsp3) is 0.250. The van der Waals surface area contributed by atoms with E-state index in [1.165, 1.54) is 0 Å². The third kappa shape index (κ3) is 4.44. The lowest BCUT2D eigenvalue weighted by Gasteiger charge is -2.15. The third-order valence-electron chi connectivity index (χ3n) is 4.23. The highest BCUT2D eigenvalue weighted by Gasteiger charge is 2.19. The van der Waals surface area contributed by atoms with Gasteiger partial charge in [0.25, 0.3) is 0 Å². The van der Waals surface area contributed by atoms with Crippen molar-refractivity contribution >= 4 is 23.2 Å². The van der Waals surface area contributed by atoms with Crippen molar-refractivity contribution in [2.24, 2.45) is 5.10 Å². The average molecular weight is 386 g/mol. The number of amides is 1. The number of carbonyl (C=O) groups is 1. The minimum Gasteiger partial charge on any atom is -0.453 e. The highest BCUT2D eigenvalue weighted by molar-refractivity contribution is 6.32. The summed E-state index contributed by atoms with van der Waals surface area (Å²) in [6.45, 7) is 1.96. The van der Waals surface area contributed by atoms with Crippen LogP contribution in [0.3, 0.4) is 0 Å². The van der Waals surface area contributed by atoms with E-state index in [2.05, 4.69) is 16.6 Å². The smallest absolute Gasteiger partial charge is 0.240 e. The summed E-state index contributed by atoms with van der Waals surface area (Å²) in [5.74, 6) is -0.469. The van der Waals surface area contributed by atoms with Crippen molar-refractivity contribution in [2.45, 2.75) is 32.6 Å². The van der Waals surface area contributed by atoms with Gasteiger partial charge < -0.3 is 4.74 Å². The number of halogens is 2. The summed E-state index contributed by atoms with van der Waals surface area (Å²) in [5.41, 5.74) is 4.80. The van der Waals surface area contributed by atoms with E-state index < -0.39 is 5.82 Å². The van der Waals surface area contributed by atoms with Gasteiger partial charge in [0.2, 0.25) is 5.91 Å². The molecule has 5 nitrogen and oxygen atoms in total. The Labute approximate surface area is 161 Å². The van der Waals surface area contributed by atoms with Gasteiger partial charge in [0.1, 0.15) is 5.75 Å². The van der Waals surface area contributed by atoms with Gasteiger partial charge in [-0.1, -0.05) is 24.6 Å². The first kappa shape index (κ1) is 18.9. The average Bonchev–Trinajstić information content (AvgIpc) is 2.68. The standard InChI is InChI=1S/C20H17ClFN3O2/c1-2-12-7-13(11-23)9-16(8-12)27-20-17(21)5-3-14(19(20)22)10-15-4-6-18(26)25-24-15/h3,5,7-9H,2,4,6,10H2,1H3,(H,25,26). The molecule has 1 aliphatic heterocycles. The molecule has 0 saturated heterocycles. The molecule has 0 bridgehead atoms. The number of hydrazone groups is 1. The van der Waals surface area contributed by atoms with Gasteiger partial charge in [0.05, 0.1) is 16.7 Å². The lowest BCUT2D eigenvalue weighted by molar-refractivity contribution is -0.121. The first-order valence-electron chi connectivity index (χ1n) is 8.53. The number of aryl methyl sites for hydroxylation is 1. The van der Waals surface area contributed by atoms with E-state index in [1.807, 2.05) is 6.92 Å². The van der Waals surface area contributed by atoms with Crippen LogP contribution in [0.1, 0.15) is 36.5 Å². The Morgan fingerprint density at radius 1 is 1.33 bits per heavy atom. The summed E-state index contributed by atoms with van der Waals surface area (Å²) in [5, 5.41) is 13.3. The molecule has 2 aromatic rings. The molecule has 27 heavy (non-hydrogen) atoms. The van der Waals surface area contributed by atoms with Crippen molar-refractivity contribution in [3.63, 3.8) is 0 Å². The van der Waals surface area contributed by atoms with E-state index in [0.717, 1.165) is 5.56 Å². The molecular weight excluding hydrogens is 369 g/mol. The zero-order valence-corrected chi connectivity index (χ0v) is 15.4. The molecule has 138 valence electrons. The molecule has 1 heterocycles. The minimum absolute atomic E-state index is 0.0910. The summed E-state index contributed by atoms with van der Waals surface area (Å²) in [4.78, 5) is 11.2. The van der Waals surface area contributed by atoms with Crippen molar-refractivity contribution < 1.29 is 13.9 Å². The van der Waals surface area contributed by atoms with Crippen molar-refractivity contribution in [3.05, 3.63) is 57.9 Å². The number of nitrogens with one attached hydrogen (secondary N) is 1.